The smallest absolute Gasteiger partial charge is 0.292 e. The van der Waals surface area contributed by atoms with Gasteiger partial charge in [-0.25, -0.2) is 13.1 Å². The van der Waals surface area contributed by atoms with Crippen molar-refractivity contribution in [1.82, 2.24) is 4.72 Å². The standard InChI is InChI=1S/C12H19N3O4S.ClH/c1-9-5-6-10(2)12(11(9)15(16)17)20(18,19)14-8-4-3-7-13;/h5-6,14H,3-4,7-8,13H2,1-2H3;1H. The first kappa shape index (κ1) is 19.8. The summed E-state index contributed by atoms with van der Waals surface area (Å²) >= 11 is 0. The molecule has 0 amide bonds. The van der Waals surface area contributed by atoms with E-state index < -0.39 is 14.9 Å². The normalized spacial score (nSPS) is 11.0. The lowest BCUT2D eigenvalue weighted by Gasteiger charge is -2.11. The van der Waals surface area contributed by atoms with Gasteiger partial charge >= 0.3 is 0 Å². The Morgan fingerprint density at radius 3 is 2.33 bits per heavy atom. The third-order valence-electron chi connectivity index (χ3n) is 2.90. The van der Waals surface area contributed by atoms with Crippen molar-refractivity contribution < 1.29 is 13.3 Å². The molecule has 0 saturated carbocycles. The van der Waals surface area contributed by atoms with Crippen LogP contribution in [-0.4, -0.2) is 26.4 Å². The predicted octanol–water partition coefficient (Wildman–Crippen LogP) is 1.65. The summed E-state index contributed by atoms with van der Waals surface area (Å²) in [5.74, 6) is 0. The average molecular weight is 338 g/mol. The molecule has 0 spiro atoms. The second-order valence-corrected chi connectivity index (χ2v) is 6.23. The van der Waals surface area contributed by atoms with Crippen LogP contribution < -0.4 is 10.5 Å². The molecule has 1 rings (SSSR count). The molecule has 1 aromatic carbocycles. The molecule has 3 N–H and O–H groups in total. The number of hydrogen-bond acceptors (Lipinski definition) is 5. The highest BCUT2D eigenvalue weighted by Gasteiger charge is 2.29. The van der Waals surface area contributed by atoms with E-state index in [9.17, 15) is 18.5 Å². The number of rotatable bonds is 7. The lowest BCUT2D eigenvalue weighted by Crippen LogP contribution is -2.27. The largest absolute Gasteiger partial charge is 0.330 e. The van der Waals surface area contributed by atoms with Gasteiger partial charge in [0, 0.05) is 12.1 Å². The quantitative estimate of drug-likeness (QED) is 0.446. The molecule has 0 fully saturated rings. The summed E-state index contributed by atoms with van der Waals surface area (Å²) in [5, 5.41) is 11.1. The fourth-order valence-corrected chi connectivity index (χ4v) is 3.42. The van der Waals surface area contributed by atoms with E-state index in [-0.39, 0.29) is 29.5 Å². The first-order valence-corrected chi connectivity index (χ1v) is 7.74. The maximum Gasteiger partial charge on any atom is 0.292 e. The van der Waals surface area contributed by atoms with Crippen LogP contribution in [0.25, 0.3) is 0 Å². The summed E-state index contributed by atoms with van der Waals surface area (Å²) in [7, 11) is -3.90. The highest BCUT2D eigenvalue weighted by Crippen LogP contribution is 2.30. The molecule has 9 heteroatoms. The predicted molar refractivity (Wildman–Crippen MR) is 83.3 cm³/mol. The van der Waals surface area contributed by atoms with Gasteiger partial charge in [-0.2, -0.15) is 0 Å². The highest BCUT2D eigenvalue weighted by molar-refractivity contribution is 7.89. The van der Waals surface area contributed by atoms with Crippen LogP contribution >= 0.6 is 12.4 Å². The van der Waals surface area contributed by atoms with Crippen molar-refractivity contribution in [1.29, 1.82) is 0 Å². The minimum atomic E-state index is -3.90. The van der Waals surface area contributed by atoms with Crippen molar-refractivity contribution in [3.63, 3.8) is 0 Å². The summed E-state index contributed by atoms with van der Waals surface area (Å²) in [6.07, 6.45) is 1.28. The maximum atomic E-state index is 12.2. The van der Waals surface area contributed by atoms with Crippen LogP contribution in [0.15, 0.2) is 17.0 Å². The Morgan fingerprint density at radius 1 is 1.24 bits per heavy atom. The molecule has 1 aromatic rings. The summed E-state index contributed by atoms with van der Waals surface area (Å²) in [5.41, 5.74) is 5.64. The Balaban J connectivity index is 0.00000400. The van der Waals surface area contributed by atoms with Crippen LogP contribution in [0.1, 0.15) is 24.0 Å². The molecule has 0 aliphatic heterocycles. The van der Waals surface area contributed by atoms with Crippen molar-refractivity contribution in [2.75, 3.05) is 13.1 Å². The van der Waals surface area contributed by atoms with Crippen molar-refractivity contribution in [3.05, 3.63) is 33.4 Å². The number of nitrogens with one attached hydrogen (secondary N) is 1. The van der Waals surface area contributed by atoms with Crippen molar-refractivity contribution >= 4 is 28.1 Å². The van der Waals surface area contributed by atoms with Gasteiger partial charge in [-0.05, 0) is 38.8 Å². The first-order valence-electron chi connectivity index (χ1n) is 6.25. The van der Waals surface area contributed by atoms with Crippen molar-refractivity contribution in [2.45, 2.75) is 31.6 Å². The Morgan fingerprint density at radius 2 is 1.81 bits per heavy atom. The van der Waals surface area contributed by atoms with Gasteiger partial charge in [-0.15, -0.1) is 12.4 Å². The summed E-state index contributed by atoms with van der Waals surface area (Å²) in [4.78, 5) is 10.2. The van der Waals surface area contributed by atoms with Gasteiger partial charge in [0.1, 0.15) is 0 Å². The zero-order chi connectivity index (χ0) is 15.3. The molecule has 0 unspecified atom stereocenters. The highest BCUT2D eigenvalue weighted by atomic mass is 35.5. The molecule has 0 aromatic heterocycles. The van der Waals surface area contributed by atoms with Gasteiger partial charge in [0.15, 0.2) is 4.90 Å². The van der Waals surface area contributed by atoms with Crippen molar-refractivity contribution in [2.24, 2.45) is 5.73 Å². The number of hydrogen-bond donors (Lipinski definition) is 2. The molecule has 120 valence electrons. The second kappa shape index (κ2) is 8.28. The van der Waals surface area contributed by atoms with E-state index >= 15 is 0 Å². The van der Waals surface area contributed by atoms with Gasteiger partial charge in [0.2, 0.25) is 10.0 Å². The van der Waals surface area contributed by atoms with Crippen molar-refractivity contribution in [3.8, 4) is 0 Å². The summed E-state index contributed by atoms with van der Waals surface area (Å²) in [6.45, 7) is 3.75. The van der Waals surface area contributed by atoms with Crippen LogP contribution in [0.4, 0.5) is 5.69 Å². The van der Waals surface area contributed by atoms with E-state index in [0.29, 0.717) is 30.5 Å². The molecule has 0 saturated heterocycles. The van der Waals surface area contributed by atoms with E-state index in [2.05, 4.69) is 4.72 Å². The number of nitrogens with two attached hydrogens (primary N) is 1. The number of aryl methyl sites for hydroxylation is 2. The molecular formula is C12H20ClN3O4S. The zero-order valence-electron chi connectivity index (χ0n) is 12.0. The monoisotopic (exact) mass is 337 g/mol. The fraction of sp³-hybridized carbons (Fsp3) is 0.500. The van der Waals surface area contributed by atoms with E-state index in [1.165, 1.54) is 6.92 Å². The molecule has 0 aliphatic carbocycles. The van der Waals surface area contributed by atoms with Gasteiger partial charge in [0.05, 0.1) is 4.92 Å². The minimum Gasteiger partial charge on any atom is -0.330 e. The lowest BCUT2D eigenvalue weighted by atomic mass is 10.1. The third kappa shape index (κ3) is 4.92. The van der Waals surface area contributed by atoms with E-state index in [4.69, 9.17) is 5.73 Å². The number of sulfonamides is 1. The molecule has 0 bridgehead atoms. The van der Waals surface area contributed by atoms with Gasteiger partial charge in [-0.3, -0.25) is 10.1 Å². The number of nitro benzene ring substituents is 1. The van der Waals surface area contributed by atoms with Gasteiger partial charge in [-0.1, -0.05) is 12.1 Å². The molecule has 0 heterocycles. The Labute approximate surface area is 130 Å². The van der Waals surface area contributed by atoms with E-state index in [0.717, 1.165) is 0 Å². The SMILES string of the molecule is Cc1ccc(C)c(S(=O)(=O)NCCCCN)c1[N+](=O)[O-].Cl. The second-order valence-electron chi connectivity index (χ2n) is 4.53. The minimum absolute atomic E-state index is 0. The van der Waals surface area contributed by atoms with E-state index in [1.807, 2.05) is 0 Å². The Kier molecular flexibility index (Phi) is 7.80. The molecule has 0 atom stereocenters. The molecule has 21 heavy (non-hydrogen) atoms. The van der Waals surface area contributed by atoms with Gasteiger partial charge < -0.3 is 5.73 Å². The first-order chi connectivity index (χ1) is 9.31. The van der Waals surface area contributed by atoms with Crippen LogP contribution in [0, 0.1) is 24.0 Å². The number of unbranched alkanes of at least 4 members (excludes halogenated alkanes) is 1. The number of nitrogens with zero attached hydrogens (tertiary/aromatic N) is 1. The van der Waals surface area contributed by atoms with Crippen LogP contribution in [0.2, 0.25) is 0 Å². The Bertz CT molecular complexity index is 605. The summed E-state index contributed by atoms with van der Waals surface area (Å²) in [6, 6.07) is 3.11. The topological polar surface area (TPSA) is 115 Å². The van der Waals surface area contributed by atoms with E-state index in [1.54, 1.807) is 19.1 Å². The number of nitro groups is 1. The number of halogens is 1. The van der Waals surface area contributed by atoms with Crippen LogP contribution in [0.3, 0.4) is 0 Å². The zero-order valence-corrected chi connectivity index (χ0v) is 13.6. The van der Waals surface area contributed by atoms with Gasteiger partial charge in [0.25, 0.3) is 5.69 Å². The lowest BCUT2D eigenvalue weighted by molar-refractivity contribution is -0.388. The third-order valence-corrected chi connectivity index (χ3v) is 4.54. The Hall–Kier alpha value is -1.22. The molecule has 7 nitrogen and oxygen atoms in total. The fourth-order valence-electron chi connectivity index (χ4n) is 1.88. The average Bonchev–Trinajstić information content (AvgIpc) is 2.36. The van der Waals surface area contributed by atoms with Crippen LogP contribution in [-0.2, 0) is 10.0 Å². The number of benzene rings is 1. The molecular weight excluding hydrogens is 318 g/mol. The summed E-state index contributed by atoms with van der Waals surface area (Å²) < 4.78 is 26.9. The maximum absolute atomic E-state index is 12.2. The van der Waals surface area contributed by atoms with Crippen LogP contribution in [0.5, 0.6) is 0 Å². The molecule has 0 aliphatic rings. The molecule has 0 radical (unpaired) electrons.